The molecule has 0 rings (SSSR count). The van der Waals surface area contributed by atoms with E-state index in [2.05, 4.69) is 0 Å². The van der Waals surface area contributed by atoms with E-state index >= 15 is 0 Å². The molecule has 30 nitrogen and oxygen atoms in total. The molecule has 194 valence electrons. The molecule has 0 bridgehead atoms. The molecule has 0 heterocycles. The molecule has 0 aromatic carbocycles. The van der Waals surface area contributed by atoms with Crippen molar-refractivity contribution in [3.63, 3.8) is 0 Å². The van der Waals surface area contributed by atoms with Crippen LogP contribution in [0.1, 0.15) is 0 Å². The van der Waals surface area contributed by atoms with Crippen LogP contribution < -0.4 is 0 Å². The van der Waals surface area contributed by atoms with E-state index in [-0.39, 0.29) is 115 Å². The molecule has 0 amide bonds. The summed E-state index contributed by atoms with van der Waals surface area (Å²) in [5, 5.41) is 88.5. The number of rotatable bonds is 0. The van der Waals surface area contributed by atoms with Crippen LogP contribution in [0, 0.1) is 174 Å². The normalized spacial score (nSPS) is 4.50. The number of hydrogen-bond acceptors (Lipinski definition) is 18. The Morgan fingerprint density at radius 2 is 0.250 bits per heavy atom. The van der Waals surface area contributed by atoms with Crippen molar-refractivity contribution < 1.29 is 145 Å². The first-order valence-electron chi connectivity index (χ1n) is 3.29. The van der Waals surface area contributed by atoms with Crippen molar-refractivity contribution in [2.24, 2.45) is 0 Å². The topological polar surface area (TPSA) is 586 Å². The Hall–Kier alpha value is -2.34. The Kier molecular flexibility index (Phi) is 278. The quantitative estimate of drug-likeness (QED) is 0.163. The molecule has 0 aliphatic heterocycles. The molecule has 0 spiro atoms. The third-order valence-electron chi connectivity index (χ3n) is 0. The molecule has 0 unspecified atom stereocenters. The van der Waals surface area contributed by atoms with Gasteiger partial charge in [-0.1, -0.05) is 0 Å². The van der Waals surface area contributed by atoms with Crippen LogP contribution in [-0.4, -0.2) is 63.4 Å². The summed E-state index contributed by atoms with van der Waals surface area (Å²) >= 11 is 0. The van der Waals surface area contributed by atoms with Crippen molar-refractivity contribution in [3.05, 3.63) is 91.9 Å². The van der Waals surface area contributed by atoms with Gasteiger partial charge in [-0.2, -0.15) is 0 Å². The zero-order valence-electron chi connectivity index (χ0n) is 14.0. The fraction of sp³-hybridized carbons (Fsp3) is 0. The van der Waals surface area contributed by atoms with Gasteiger partial charge in [0.15, 0.2) is 0 Å². The van der Waals surface area contributed by atoms with Crippen LogP contribution in [0.5, 0.6) is 0 Å². The van der Waals surface area contributed by atoms with E-state index in [0.29, 0.717) is 0 Å². The Morgan fingerprint density at radius 3 is 0.250 bits per heavy atom. The molecule has 32 heteroatoms. The zero-order chi connectivity index (χ0) is 21.5. The van der Waals surface area contributed by atoms with Crippen LogP contribution in [0.4, 0.5) is 0 Å². The Morgan fingerprint density at radius 1 is 0.250 bits per heavy atom. The average molecular weight is 769 g/mol. The number of nitrogens with zero attached hydrogens (tertiary/aromatic N) is 6. The predicted molar refractivity (Wildman–Crippen MR) is 83.9 cm³/mol. The van der Waals surface area contributed by atoms with E-state index in [1.165, 1.54) is 0 Å². The smallest absolute Gasteiger partial charge is 0.412 e. The first-order chi connectivity index (χ1) is 10.4. The minimum atomic E-state index is -1.75. The molecule has 2 radical (unpaired) electrons. The Labute approximate surface area is 235 Å². The summed E-state index contributed by atoms with van der Waals surface area (Å²) in [5.74, 6) is 0. The largest absolute Gasteiger partial charge is 3.00 e. The second-order valence-corrected chi connectivity index (χ2v) is 1.34. The predicted octanol–water partition coefficient (Wildman–Crippen LogP) is -6.38. The summed E-state index contributed by atoms with van der Waals surface area (Å²) in [6.07, 6.45) is 0. The molecular formula is H12N6Nd2O24. The molecule has 0 aromatic heterocycles. The third kappa shape index (κ3) is 3590. The molecule has 12 N–H and O–H groups in total. The van der Waals surface area contributed by atoms with E-state index in [9.17, 15) is 0 Å². The van der Waals surface area contributed by atoms with E-state index in [0.717, 1.165) is 0 Å². The Bertz CT molecular complexity index is 264. The van der Waals surface area contributed by atoms with Crippen molar-refractivity contribution in [1.29, 1.82) is 0 Å². The zero-order valence-corrected chi connectivity index (χ0v) is 20.4. The average Bonchev–Trinajstić information content (AvgIpc) is 2.08. The fourth-order valence-corrected chi connectivity index (χ4v) is 0. The van der Waals surface area contributed by atoms with Gasteiger partial charge >= 0.3 is 81.7 Å². The van der Waals surface area contributed by atoms with Crippen molar-refractivity contribution in [3.8, 4) is 0 Å². The SMILES string of the molecule is O.O.O.O.O.O.O=[N+]([O-])[O-].O=[N+]([O-])[O-].O=[N+]([O-])[O-].O=[N+]([O-])[O-].O=[N+]([O-])[O-].O=[N+]([O-])[O-].[Nd+3].[Nd+3]. The molecule has 0 aromatic rings. The summed E-state index contributed by atoms with van der Waals surface area (Å²) in [6, 6.07) is 0. The van der Waals surface area contributed by atoms with Gasteiger partial charge in [0, 0.05) is 0 Å². The molecular weight excluding hydrogens is 756 g/mol. The minimum absolute atomic E-state index is 0. The van der Waals surface area contributed by atoms with Crippen LogP contribution >= 0.6 is 0 Å². The van der Waals surface area contributed by atoms with Crippen molar-refractivity contribution in [1.82, 2.24) is 0 Å². The van der Waals surface area contributed by atoms with Gasteiger partial charge in [0.1, 0.15) is 0 Å². The van der Waals surface area contributed by atoms with Crippen molar-refractivity contribution in [2.45, 2.75) is 0 Å². The van der Waals surface area contributed by atoms with Crippen LogP contribution in [0.3, 0.4) is 0 Å². The van der Waals surface area contributed by atoms with Gasteiger partial charge in [-0.25, -0.2) is 0 Å². The van der Waals surface area contributed by atoms with Crippen molar-refractivity contribution >= 4 is 0 Å². The molecule has 0 fully saturated rings. The number of hydrogen-bond donors (Lipinski definition) is 0. The monoisotopic (exact) mass is 764 g/mol. The second-order valence-electron chi connectivity index (χ2n) is 1.34. The van der Waals surface area contributed by atoms with Gasteiger partial charge < -0.3 is 125 Å². The standard InChI is InChI=1S/6NO3.2Nd.6H2O/c6*2-1(3)4;;;;;;;;/h;;;;;;;;6*1H2/q6*-1;2*+3;;;;;;. The van der Waals surface area contributed by atoms with E-state index in [4.69, 9.17) is 91.9 Å². The summed E-state index contributed by atoms with van der Waals surface area (Å²) in [6.45, 7) is 0. The van der Waals surface area contributed by atoms with Gasteiger partial charge in [-0.15, -0.1) is 0 Å². The Balaban J connectivity index is -0.00000000964. The van der Waals surface area contributed by atoms with Gasteiger partial charge in [-0.05, 0) is 0 Å². The molecule has 0 saturated heterocycles. The summed E-state index contributed by atoms with van der Waals surface area (Å²) in [5.41, 5.74) is 0. The summed E-state index contributed by atoms with van der Waals surface area (Å²) < 4.78 is 0. The van der Waals surface area contributed by atoms with Crippen LogP contribution in [-0.2, 0) is 0 Å². The molecule has 0 saturated carbocycles. The third-order valence-corrected chi connectivity index (χ3v) is 0. The summed E-state index contributed by atoms with van der Waals surface area (Å²) in [4.78, 5) is 49.5. The molecule has 0 aliphatic carbocycles. The van der Waals surface area contributed by atoms with Gasteiger partial charge in [-0.3, -0.25) is 0 Å². The molecule has 0 aliphatic rings. The van der Waals surface area contributed by atoms with Crippen LogP contribution in [0.2, 0.25) is 0 Å². The van der Waals surface area contributed by atoms with E-state index in [1.54, 1.807) is 0 Å². The van der Waals surface area contributed by atoms with E-state index in [1.807, 2.05) is 0 Å². The molecule has 32 heavy (non-hydrogen) atoms. The first kappa shape index (κ1) is 99.3. The van der Waals surface area contributed by atoms with Crippen LogP contribution in [0.15, 0.2) is 0 Å². The summed E-state index contributed by atoms with van der Waals surface area (Å²) in [7, 11) is 0. The maximum Gasteiger partial charge on any atom is 3.00 e. The van der Waals surface area contributed by atoms with Crippen LogP contribution in [0.25, 0.3) is 0 Å². The van der Waals surface area contributed by atoms with Crippen molar-refractivity contribution in [2.75, 3.05) is 0 Å². The minimum Gasteiger partial charge on any atom is -0.412 e. The second kappa shape index (κ2) is 89.4. The van der Waals surface area contributed by atoms with Gasteiger partial charge in [0.05, 0.1) is 30.5 Å². The van der Waals surface area contributed by atoms with E-state index < -0.39 is 30.5 Å². The maximum absolute atomic E-state index is 8.25. The molecule has 0 atom stereocenters. The first-order valence-corrected chi connectivity index (χ1v) is 3.29. The van der Waals surface area contributed by atoms with Gasteiger partial charge in [0.2, 0.25) is 0 Å². The van der Waals surface area contributed by atoms with Gasteiger partial charge in [0.25, 0.3) is 0 Å². The maximum atomic E-state index is 8.25. The fourth-order valence-electron chi connectivity index (χ4n) is 0.